The molecule has 17 unspecified atom stereocenters. The molecule has 2 heterocycles. The Morgan fingerprint density at radius 2 is 0.837 bits per heavy atom. The summed E-state index contributed by atoms with van der Waals surface area (Å²) in [5.74, 6) is -3.94. The van der Waals surface area contributed by atoms with Crippen molar-refractivity contribution in [1.29, 1.82) is 10.5 Å². The van der Waals surface area contributed by atoms with Gasteiger partial charge in [-0.15, -0.1) is 0 Å². The van der Waals surface area contributed by atoms with Crippen molar-refractivity contribution < 1.29 is 120 Å². The molecule has 0 aromatic carbocycles. The summed E-state index contributed by atoms with van der Waals surface area (Å²) in [6.45, 7) is 38.9. The first-order valence-corrected chi connectivity index (χ1v) is 46.6. The third kappa shape index (κ3) is 28.5. The molecule has 11 saturated carbocycles. The number of rotatable bonds is 27. The fraction of sp³-hybridized carbons (Fsp3) is 0.854. The first kappa shape index (κ1) is 106. The fourth-order valence-electron chi connectivity index (χ4n) is 18.6. The van der Waals surface area contributed by atoms with Crippen LogP contribution in [0.15, 0.2) is 0 Å². The zero-order valence-electron chi connectivity index (χ0n) is 78.4. The highest BCUT2D eigenvalue weighted by Gasteiger charge is 2.74. The zero-order chi connectivity index (χ0) is 92.6. The number of aliphatic hydroxyl groups is 1. The lowest BCUT2D eigenvalue weighted by Gasteiger charge is -2.59. The first-order chi connectivity index (χ1) is 57.6. The molecular weight excluding hydrogens is 1580 g/mol. The average Bonchev–Trinajstić information content (AvgIpc) is 1.52. The van der Waals surface area contributed by atoms with E-state index in [0.717, 1.165) is 83.5 Å². The van der Waals surface area contributed by atoms with E-state index in [4.69, 9.17) is 57.6 Å². The van der Waals surface area contributed by atoms with Crippen molar-refractivity contribution in [2.75, 3.05) is 13.2 Å². The lowest BCUT2D eigenvalue weighted by molar-refractivity contribution is -0.222. The lowest BCUT2D eigenvalue weighted by Crippen LogP contribution is -2.60. The number of carbonyl (C=O) groups is 12. The largest absolute Gasteiger partial charge is 0.481 e. The molecule has 0 spiro atoms. The van der Waals surface area contributed by atoms with Gasteiger partial charge in [0, 0.05) is 30.1 Å². The van der Waals surface area contributed by atoms with Crippen LogP contribution < -0.4 is 0 Å². The molecule has 8 bridgehead atoms. The topological polar surface area (TPSA) is 405 Å². The van der Waals surface area contributed by atoms with Crippen molar-refractivity contribution in [2.24, 2.45) is 98.1 Å². The van der Waals surface area contributed by atoms with Crippen molar-refractivity contribution in [3.8, 4) is 12.1 Å². The molecule has 13 aliphatic rings. The van der Waals surface area contributed by atoms with Crippen LogP contribution in [0.3, 0.4) is 0 Å². The number of carboxylic acid groups (broad SMARTS) is 2. The van der Waals surface area contributed by atoms with Gasteiger partial charge >= 0.3 is 71.6 Å². The van der Waals surface area contributed by atoms with E-state index in [-0.39, 0.29) is 106 Å². The second kappa shape index (κ2) is 46.9. The number of esters is 10. The van der Waals surface area contributed by atoms with E-state index in [9.17, 15) is 73.2 Å². The smallest absolute Gasteiger partial charge is 0.344 e. The second-order valence-electron chi connectivity index (χ2n) is 40.0. The van der Waals surface area contributed by atoms with Gasteiger partial charge in [0.2, 0.25) is 0 Å². The van der Waals surface area contributed by atoms with Gasteiger partial charge < -0.3 is 62.7 Å². The minimum absolute atomic E-state index is 0.00519. The molecule has 0 amide bonds. The maximum atomic E-state index is 12.1. The van der Waals surface area contributed by atoms with Crippen LogP contribution in [0.25, 0.3) is 0 Å². The standard InChI is InChI=1S/C17H21NO6.C16H19NO6.C15H24O3.C14H26O2.C12H22O2.C11H20O2.C6H12O2.C5H10O2/c1-4-16(2,3)14(20)22-7-11(19)23-12-9-5-10-13(12)24-15(21)17(10,6-9)8-18;1-3-8(2)14(19)21-6-11(18)22-12-9-4-10-13(12)23-15(20)16(10,5-9)7-17;1-3-10(2)13(16)18-15-7-11-4-12(8-15)6-14(17,5-11)9-15;1-5-11(2)13(15)16-14(3,4)12-9-7-6-8-10-12;1-4-12(2,3)11(13)14-10-8-6-5-7-9-10;1-3-9(2)11(12)13-10-7-5-4-6-8-10;1-4-6(2,3)5(7)8;1-3-4(2)5(6)7/h9-10,12-13H,4-7H2,1-3H3;8-10,12-13H,3-6H2,1-2H3;10-12,17H,3-9H2,1-2H3;11-12H,5-10H2,1-4H3;10H,4-9H2,1-3H3;9-10H,3-8H2,1-2H3;4H2,1-3H3,(H,7,8);4H,3H2,1-2H3,(H,6,7). The highest BCUT2D eigenvalue weighted by atomic mass is 16.6. The van der Waals surface area contributed by atoms with E-state index in [1.54, 1.807) is 41.5 Å². The van der Waals surface area contributed by atoms with Crippen LogP contribution in [-0.4, -0.2) is 154 Å². The molecule has 3 N–H and O–H groups in total. The number of nitriles is 2. The number of aliphatic carboxylic acids is 2. The Hall–Kier alpha value is -7.42. The summed E-state index contributed by atoms with van der Waals surface area (Å²) in [5, 5.41) is 45.8. The number of nitrogens with zero attached hydrogens (tertiary/aromatic N) is 2. The molecule has 27 heteroatoms. The molecule has 123 heavy (non-hydrogen) atoms. The Labute approximate surface area is 733 Å². The molecule has 27 nitrogen and oxygen atoms in total. The average molecular weight is 1740 g/mol. The molecule has 2 saturated heterocycles. The SMILES string of the molecule is CCC(C)(C)C(=O)O.CCC(C)(C)C(=O)OC1CCCCC1.CCC(C)(C)C(=O)OCC(=O)OC1C2CC3C1OC(=O)C3(C#N)C2.CCC(C)C(=O)O.CCC(C)C(=O)OC(C)(C)C1CCCCC1.CCC(C)C(=O)OC12CC3CC(CC(O)(C3)C1)C2.CCC(C)C(=O)OC1CCCCC1.CCC(C)C(=O)OCC(=O)OC1C2CC3C1OC(=O)C3(C#N)C2. The van der Waals surface area contributed by atoms with E-state index in [0.29, 0.717) is 69.1 Å². The van der Waals surface area contributed by atoms with Gasteiger partial charge in [-0.1, -0.05) is 122 Å². The summed E-state index contributed by atoms with van der Waals surface area (Å²) < 4.78 is 53.8. The summed E-state index contributed by atoms with van der Waals surface area (Å²) in [6.07, 6.45) is 30.1. The fourth-order valence-corrected chi connectivity index (χ4v) is 18.6. The minimum atomic E-state index is -1.06. The number of carboxylic acids is 2. The number of carbonyl (C=O) groups excluding carboxylic acids is 10. The van der Waals surface area contributed by atoms with Gasteiger partial charge in [-0.25, -0.2) is 9.59 Å². The minimum Gasteiger partial charge on any atom is -0.481 e. The molecule has 0 aromatic rings. The molecule has 0 aromatic heterocycles. The van der Waals surface area contributed by atoms with Crippen molar-refractivity contribution >= 4 is 71.6 Å². The zero-order valence-corrected chi connectivity index (χ0v) is 78.4. The number of hydrogen-bond acceptors (Lipinski definition) is 25. The van der Waals surface area contributed by atoms with Crippen LogP contribution in [-0.2, 0) is 105 Å². The number of ether oxygens (including phenoxy) is 10. The van der Waals surface area contributed by atoms with Gasteiger partial charge in [0.05, 0.1) is 63.6 Å². The Balaban J connectivity index is 0.000000257. The Morgan fingerprint density at radius 3 is 1.21 bits per heavy atom. The molecular formula is C96H154N2O25. The highest BCUT2D eigenvalue weighted by molar-refractivity contribution is 5.86. The molecule has 698 valence electrons. The monoisotopic (exact) mass is 1740 g/mol. The Kier molecular flexibility index (Phi) is 40.4. The van der Waals surface area contributed by atoms with E-state index >= 15 is 0 Å². The molecule has 2 aliphatic heterocycles. The number of hydrogen-bond donors (Lipinski definition) is 3. The molecule has 0 radical (unpaired) electrons. The van der Waals surface area contributed by atoms with Crippen LogP contribution in [0.5, 0.6) is 0 Å². The van der Waals surface area contributed by atoms with Crippen LogP contribution in [0.4, 0.5) is 0 Å². The maximum absolute atomic E-state index is 12.1. The molecule has 13 fully saturated rings. The third-order valence-electron chi connectivity index (χ3n) is 29.1. The van der Waals surface area contributed by atoms with Crippen molar-refractivity contribution in [1.82, 2.24) is 0 Å². The summed E-state index contributed by atoms with van der Waals surface area (Å²) in [7, 11) is 0. The molecule has 17 atom stereocenters. The van der Waals surface area contributed by atoms with Gasteiger partial charge in [0.15, 0.2) is 24.0 Å². The van der Waals surface area contributed by atoms with Gasteiger partial charge in [-0.05, 0) is 247 Å². The Bertz CT molecular complexity index is 3610. The number of fused-ring (bicyclic) bond motifs is 2. The van der Waals surface area contributed by atoms with Gasteiger partial charge in [-0.3, -0.25) is 47.9 Å². The van der Waals surface area contributed by atoms with Crippen LogP contribution >= 0.6 is 0 Å². The molecule has 11 aliphatic carbocycles. The van der Waals surface area contributed by atoms with Crippen molar-refractivity contribution in [2.45, 2.75) is 411 Å². The highest BCUT2D eigenvalue weighted by Crippen LogP contribution is 2.64. The summed E-state index contributed by atoms with van der Waals surface area (Å²) in [5.41, 5.74) is -4.77. The van der Waals surface area contributed by atoms with E-state index in [1.807, 2.05) is 90.0 Å². The lowest BCUT2D eigenvalue weighted by atomic mass is 9.52. The van der Waals surface area contributed by atoms with E-state index in [2.05, 4.69) is 26.0 Å². The Morgan fingerprint density at radius 1 is 0.455 bits per heavy atom. The molecule has 13 rings (SSSR count). The van der Waals surface area contributed by atoms with E-state index < -0.39 is 113 Å². The summed E-state index contributed by atoms with van der Waals surface area (Å²) in [4.78, 5) is 138. The van der Waals surface area contributed by atoms with Gasteiger partial charge in [0.1, 0.15) is 47.8 Å². The van der Waals surface area contributed by atoms with Crippen molar-refractivity contribution in [3.63, 3.8) is 0 Å². The van der Waals surface area contributed by atoms with Gasteiger partial charge in [0.25, 0.3) is 0 Å². The second-order valence-corrected chi connectivity index (χ2v) is 40.0. The van der Waals surface area contributed by atoms with Crippen LogP contribution in [0.2, 0.25) is 0 Å². The normalized spacial score (nSPS) is 29.6. The quantitative estimate of drug-likeness (QED) is 0.0508. The van der Waals surface area contributed by atoms with Crippen molar-refractivity contribution in [3.05, 3.63) is 0 Å². The summed E-state index contributed by atoms with van der Waals surface area (Å²) in [6, 6.07) is 4.20. The predicted molar refractivity (Wildman–Crippen MR) is 456 cm³/mol. The van der Waals surface area contributed by atoms with Gasteiger partial charge in [-0.2, -0.15) is 10.5 Å². The van der Waals surface area contributed by atoms with E-state index in [1.165, 1.54) is 77.0 Å². The maximum Gasteiger partial charge on any atom is 0.344 e. The van der Waals surface area contributed by atoms with Crippen LogP contribution in [0.1, 0.15) is 357 Å². The third-order valence-corrected chi connectivity index (χ3v) is 29.1. The first-order valence-electron chi connectivity index (χ1n) is 46.6. The summed E-state index contributed by atoms with van der Waals surface area (Å²) >= 11 is 0. The van der Waals surface area contributed by atoms with Crippen LogP contribution in [0, 0.1) is 121 Å². The predicted octanol–water partition coefficient (Wildman–Crippen LogP) is 17.7.